The minimum atomic E-state index is -3.41. The molecule has 9 heteroatoms. The van der Waals surface area contributed by atoms with E-state index in [1.54, 1.807) is 13.2 Å². The first kappa shape index (κ1) is 30.8. The van der Waals surface area contributed by atoms with Gasteiger partial charge in [-0.1, -0.05) is 63.5 Å². The fourth-order valence-corrected chi connectivity index (χ4v) is 8.38. The van der Waals surface area contributed by atoms with Gasteiger partial charge in [-0.25, -0.2) is 0 Å². The Labute approximate surface area is 232 Å². The number of nitrogens with zero attached hydrogens (tertiary/aromatic N) is 1. The van der Waals surface area contributed by atoms with Gasteiger partial charge in [0.1, 0.15) is 6.04 Å². The second-order valence-corrected chi connectivity index (χ2v) is 14.6. The number of hydrogen-bond donors (Lipinski definition) is 3. The molecule has 0 aliphatic carbocycles. The van der Waals surface area contributed by atoms with E-state index < -0.39 is 19.3 Å². The molecule has 1 aliphatic heterocycles. The van der Waals surface area contributed by atoms with Gasteiger partial charge in [0.05, 0.1) is 5.49 Å². The third-order valence-electron chi connectivity index (χ3n) is 7.39. The number of carbonyl (C=O) groups excluding carboxylic acids is 2. The zero-order chi connectivity index (χ0) is 27.5. The van der Waals surface area contributed by atoms with Gasteiger partial charge in [0.25, 0.3) is 0 Å². The maximum absolute atomic E-state index is 13.3. The minimum Gasteiger partial charge on any atom is -0.354 e. The molecule has 0 saturated carbocycles. The van der Waals surface area contributed by atoms with Crippen LogP contribution in [0.2, 0.25) is 0 Å². The second kappa shape index (κ2) is 15.1. The molecular weight excluding hydrogens is 517 g/mol. The SMILES string of the molecule is CSCP(=O)(O)CC(C)C(=O)NC1Cc2cn(c3ccc(C)cc23)CCCCCCCCCCCNC1=O. The molecular formula is C29H46N3O4PS. The molecule has 2 bridgehead atoms. The molecule has 212 valence electrons. The largest absolute Gasteiger partial charge is 0.354 e. The van der Waals surface area contributed by atoms with Crippen molar-refractivity contribution in [2.75, 3.05) is 24.5 Å². The minimum absolute atomic E-state index is 0.0908. The van der Waals surface area contributed by atoms with Crippen molar-refractivity contribution in [2.24, 2.45) is 5.92 Å². The van der Waals surface area contributed by atoms with Gasteiger partial charge in [-0.15, -0.1) is 0 Å². The van der Waals surface area contributed by atoms with Gasteiger partial charge in [-0.3, -0.25) is 14.2 Å². The second-order valence-electron chi connectivity index (χ2n) is 11.0. The van der Waals surface area contributed by atoms with Gasteiger partial charge in [0.15, 0.2) is 0 Å². The van der Waals surface area contributed by atoms with Gasteiger partial charge in [0, 0.05) is 48.7 Å². The van der Waals surface area contributed by atoms with Crippen molar-refractivity contribution < 1.29 is 19.0 Å². The van der Waals surface area contributed by atoms with Crippen LogP contribution in [0, 0.1) is 12.8 Å². The van der Waals surface area contributed by atoms with E-state index in [4.69, 9.17) is 0 Å². The van der Waals surface area contributed by atoms with Crippen LogP contribution in [0.5, 0.6) is 0 Å². The topological polar surface area (TPSA) is 100 Å². The molecule has 0 fully saturated rings. The standard InChI is InChI=1S/C29H46N3O4PS/c1-22-13-14-27-25(17-22)24-18-26(31-28(33)23(2)20-37(35,36)21-38-3)29(34)30-15-11-9-7-5-4-6-8-10-12-16-32(27)19-24/h13-14,17,19,23,26H,4-12,15-16,18,20-21H2,1-3H3,(H,30,34)(H,31,33)(H,35,36). The highest BCUT2D eigenvalue weighted by molar-refractivity contribution is 8.04. The van der Waals surface area contributed by atoms with Crippen molar-refractivity contribution in [2.45, 2.75) is 90.6 Å². The Kier molecular flexibility index (Phi) is 12.3. The Morgan fingerprint density at radius 2 is 1.82 bits per heavy atom. The van der Waals surface area contributed by atoms with Crippen LogP contribution >= 0.6 is 19.1 Å². The number of amides is 2. The van der Waals surface area contributed by atoms with Crippen LogP contribution < -0.4 is 10.6 Å². The number of thioether (sulfide) groups is 1. The number of benzene rings is 1. The quantitative estimate of drug-likeness (QED) is 0.383. The van der Waals surface area contributed by atoms with Crippen LogP contribution in [-0.2, 0) is 27.1 Å². The molecule has 2 heterocycles. The maximum atomic E-state index is 13.3. The zero-order valence-electron chi connectivity index (χ0n) is 23.3. The Morgan fingerprint density at radius 1 is 1.16 bits per heavy atom. The molecule has 3 atom stereocenters. The number of hydrogen-bond acceptors (Lipinski definition) is 4. The van der Waals surface area contributed by atoms with E-state index in [2.05, 4.69) is 46.5 Å². The summed E-state index contributed by atoms with van der Waals surface area (Å²) in [7, 11) is -3.41. The predicted octanol–water partition coefficient (Wildman–Crippen LogP) is 5.84. The number of nitrogens with one attached hydrogen (secondary N) is 2. The van der Waals surface area contributed by atoms with Crippen LogP contribution in [0.4, 0.5) is 0 Å². The van der Waals surface area contributed by atoms with Crippen LogP contribution in [0.1, 0.15) is 75.8 Å². The van der Waals surface area contributed by atoms with Crippen molar-refractivity contribution >= 4 is 41.8 Å². The maximum Gasteiger partial charge on any atom is 0.242 e. The van der Waals surface area contributed by atoms with E-state index in [9.17, 15) is 19.0 Å². The summed E-state index contributed by atoms with van der Waals surface area (Å²) >= 11 is 1.30. The molecule has 3 rings (SSSR count). The summed E-state index contributed by atoms with van der Waals surface area (Å²) in [6.45, 7) is 5.24. The van der Waals surface area contributed by atoms with Crippen LogP contribution in [0.15, 0.2) is 24.4 Å². The lowest BCUT2D eigenvalue weighted by Crippen LogP contribution is -2.50. The van der Waals surface area contributed by atoms with Crippen LogP contribution in [0.3, 0.4) is 0 Å². The average molecular weight is 564 g/mol. The van der Waals surface area contributed by atoms with Crippen LogP contribution in [-0.4, -0.2) is 51.8 Å². The van der Waals surface area contributed by atoms with Gasteiger partial charge in [-0.05, 0) is 43.7 Å². The molecule has 0 spiro atoms. The highest BCUT2D eigenvalue weighted by Gasteiger charge is 2.29. The summed E-state index contributed by atoms with van der Waals surface area (Å²) in [5, 5.41) is 7.09. The molecule has 1 aromatic carbocycles. The molecule has 7 nitrogen and oxygen atoms in total. The summed E-state index contributed by atoms with van der Waals surface area (Å²) in [5.41, 5.74) is 3.46. The first-order valence-electron chi connectivity index (χ1n) is 14.2. The van der Waals surface area contributed by atoms with Crippen molar-refractivity contribution in [3.05, 3.63) is 35.5 Å². The van der Waals surface area contributed by atoms with Gasteiger partial charge < -0.3 is 20.1 Å². The Bertz CT molecular complexity index is 1120. The highest BCUT2D eigenvalue weighted by atomic mass is 32.2. The molecule has 1 aliphatic rings. The van der Waals surface area contributed by atoms with E-state index in [1.807, 2.05) is 0 Å². The summed E-state index contributed by atoms with van der Waals surface area (Å²) in [6.07, 6.45) is 14.8. The number of fused-ring (bicyclic) bond motifs is 5. The summed E-state index contributed by atoms with van der Waals surface area (Å²) in [4.78, 5) is 36.7. The van der Waals surface area contributed by atoms with E-state index in [0.29, 0.717) is 13.0 Å². The van der Waals surface area contributed by atoms with E-state index in [1.165, 1.54) is 50.3 Å². The first-order valence-corrected chi connectivity index (χ1v) is 17.6. The number of carbonyl (C=O) groups is 2. The normalized spacial score (nSPS) is 21.1. The molecule has 2 aromatic rings. The summed E-state index contributed by atoms with van der Waals surface area (Å²) in [6, 6.07) is 5.68. The lowest BCUT2D eigenvalue weighted by Gasteiger charge is -2.22. The van der Waals surface area contributed by atoms with E-state index >= 15 is 0 Å². The fraction of sp³-hybridized carbons (Fsp3) is 0.655. The van der Waals surface area contributed by atoms with Crippen molar-refractivity contribution in [1.29, 1.82) is 0 Å². The fourth-order valence-electron chi connectivity index (χ4n) is 5.32. The van der Waals surface area contributed by atoms with Crippen molar-refractivity contribution in [3.63, 3.8) is 0 Å². The lowest BCUT2D eigenvalue weighted by molar-refractivity contribution is -0.130. The molecule has 3 unspecified atom stereocenters. The van der Waals surface area contributed by atoms with Crippen LogP contribution in [0.25, 0.3) is 10.9 Å². The van der Waals surface area contributed by atoms with Gasteiger partial charge in [-0.2, -0.15) is 11.8 Å². The Hall–Kier alpha value is -1.76. The Balaban J connectivity index is 1.85. The Morgan fingerprint density at radius 3 is 2.50 bits per heavy atom. The summed E-state index contributed by atoms with van der Waals surface area (Å²) in [5.74, 6) is -1.22. The smallest absolute Gasteiger partial charge is 0.242 e. The molecule has 38 heavy (non-hydrogen) atoms. The summed E-state index contributed by atoms with van der Waals surface area (Å²) < 4.78 is 14.7. The molecule has 3 N–H and O–H groups in total. The van der Waals surface area contributed by atoms with E-state index in [0.717, 1.165) is 47.8 Å². The third-order valence-corrected chi connectivity index (χ3v) is 11.2. The lowest BCUT2D eigenvalue weighted by atomic mass is 10.0. The third kappa shape index (κ3) is 9.46. The molecule has 0 radical (unpaired) electrons. The molecule has 2 amide bonds. The monoisotopic (exact) mass is 563 g/mol. The van der Waals surface area contributed by atoms with Crippen molar-refractivity contribution in [3.8, 4) is 0 Å². The molecule has 1 aromatic heterocycles. The number of aromatic nitrogens is 1. The predicted molar refractivity (Wildman–Crippen MR) is 159 cm³/mol. The van der Waals surface area contributed by atoms with Gasteiger partial charge in [0.2, 0.25) is 19.2 Å². The van der Waals surface area contributed by atoms with Crippen molar-refractivity contribution in [1.82, 2.24) is 15.2 Å². The first-order chi connectivity index (χ1) is 18.2. The average Bonchev–Trinajstić information content (AvgIpc) is 3.19. The highest BCUT2D eigenvalue weighted by Crippen LogP contribution is 2.45. The van der Waals surface area contributed by atoms with E-state index in [-0.39, 0.29) is 23.5 Å². The number of rotatable bonds is 6. The number of aryl methyl sites for hydroxylation is 2. The zero-order valence-corrected chi connectivity index (χ0v) is 25.0. The molecule has 0 saturated heterocycles. The van der Waals surface area contributed by atoms with Gasteiger partial charge >= 0.3 is 0 Å².